The van der Waals surface area contributed by atoms with Crippen LogP contribution in [0.5, 0.6) is 11.5 Å². The Bertz CT molecular complexity index is 535. The molecule has 0 aromatic heterocycles. The van der Waals surface area contributed by atoms with E-state index in [1.165, 1.54) is 32.1 Å². The summed E-state index contributed by atoms with van der Waals surface area (Å²) in [5.74, 6) is 1.88. The maximum absolute atomic E-state index is 5.27. The third kappa shape index (κ3) is 4.77. The number of benzene rings is 2. The van der Waals surface area contributed by atoms with E-state index in [4.69, 9.17) is 9.47 Å². The third-order valence-corrected chi connectivity index (χ3v) is 16.1. The molecule has 0 atom stereocenters. The van der Waals surface area contributed by atoms with Gasteiger partial charge in [0.05, 0.1) is 0 Å². The summed E-state index contributed by atoms with van der Waals surface area (Å²) in [7, 11) is 3.44. The van der Waals surface area contributed by atoms with Crippen molar-refractivity contribution in [2.75, 3.05) is 14.2 Å². The van der Waals surface area contributed by atoms with Crippen molar-refractivity contribution in [1.29, 1.82) is 0 Å². The van der Waals surface area contributed by atoms with Crippen LogP contribution in [0.4, 0.5) is 0 Å². The van der Waals surface area contributed by atoms with Gasteiger partial charge in [0.1, 0.15) is 0 Å². The van der Waals surface area contributed by atoms with Crippen LogP contribution in [-0.4, -0.2) is 27.5 Å². The van der Waals surface area contributed by atoms with Crippen LogP contribution in [0.3, 0.4) is 0 Å². The normalized spacial score (nSPS) is 11.3. The summed E-state index contributed by atoms with van der Waals surface area (Å²) >= 11 is -1.94. The zero-order valence-corrected chi connectivity index (χ0v) is 16.9. The molecule has 0 amide bonds. The average molecular weight is 373 g/mol. The number of methoxy groups -OCH3 is 2. The van der Waals surface area contributed by atoms with Crippen molar-refractivity contribution < 1.29 is 9.47 Å². The van der Waals surface area contributed by atoms with E-state index in [9.17, 15) is 0 Å². The predicted octanol–water partition coefficient (Wildman–Crippen LogP) is 5.06. The van der Waals surface area contributed by atoms with Crippen molar-refractivity contribution in [2.24, 2.45) is 0 Å². The first kappa shape index (κ1) is 17.9. The fraction of sp³-hybridized carbons (Fsp3) is 0.400. The van der Waals surface area contributed by atoms with Crippen LogP contribution in [0.15, 0.2) is 48.5 Å². The molecule has 0 heterocycles. The van der Waals surface area contributed by atoms with Gasteiger partial charge in [-0.1, -0.05) is 0 Å². The summed E-state index contributed by atoms with van der Waals surface area (Å²) in [6.45, 7) is 4.77. The van der Waals surface area contributed by atoms with Gasteiger partial charge < -0.3 is 0 Å². The molecule has 2 aromatic rings. The van der Waals surface area contributed by atoms with Crippen LogP contribution in [-0.2, 0) is 10.5 Å². The van der Waals surface area contributed by atoms with E-state index in [-0.39, 0.29) is 0 Å². The Labute approximate surface area is 143 Å². The number of hydrogen-bond acceptors (Lipinski definition) is 2. The molecule has 0 radical (unpaired) electrons. The third-order valence-electron chi connectivity index (χ3n) is 4.98. The number of hydrogen-bond donors (Lipinski definition) is 0. The first-order valence-electron chi connectivity index (χ1n) is 8.40. The summed E-state index contributed by atoms with van der Waals surface area (Å²) in [4.78, 5) is 0. The standard InChI is InChI=1S/C20H28GeO2/c1-5-21(6-2,15-17-7-11-19(22-3)12-8-17)16-18-9-13-20(23-4)14-10-18/h7-14H,5-6,15-16H2,1-4H3. The quantitative estimate of drug-likeness (QED) is 0.603. The molecule has 3 heteroatoms. The second kappa shape index (κ2) is 8.44. The molecule has 0 saturated carbocycles. The molecule has 0 aliphatic carbocycles. The van der Waals surface area contributed by atoms with E-state index in [2.05, 4.69) is 62.4 Å². The second-order valence-electron chi connectivity index (χ2n) is 6.26. The van der Waals surface area contributed by atoms with Crippen LogP contribution >= 0.6 is 0 Å². The molecule has 124 valence electrons. The van der Waals surface area contributed by atoms with E-state index < -0.39 is 13.3 Å². The topological polar surface area (TPSA) is 18.5 Å². The van der Waals surface area contributed by atoms with Crippen molar-refractivity contribution in [3.8, 4) is 11.5 Å². The summed E-state index contributed by atoms with van der Waals surface area (Å²) < 4.78 is 10.5. The molecule has 0 spiro atoms. The van der Waals surface area contributed by atoms with Gasteiger partial charge in [0, 0.05) is 0 Å². The second-order valence-corrected chi connectivity index (χ2v) is 17.0. The van der Waals surface area contributed by atoms with Gasteiger partial charge in [-0.05, 0) is 0 Å². The zero-order valence-electron chi connectivity index (χ0n) is 14.8. The Morgan fingerprint density at radius 3 is 1.26 bits per heavy atom. The molecule has 2 rings (SSSR count). The number of rotatable bonds is 8. The SMILES string of the molecule is C[CH2][Ge]([CH2]C)([CH2]c1ccc(OC)cc1)[CH2]c1ccc(OC)cc1. The monoisotopic (exact) mass is 374 g/mol. The maximum atomic E-state index is 5.27. The van der Waals surface area contributed by atoms with E-state index >= 15 is 0 Å². The summed E-state index contributed by atoms with van der Waals surface area (Å²) in [6, 6.07) is 17.3. The Balaban J connectivity index is 2.16. The van der Waals surface area contributed by atoms with Crippen molar-refractivity contribution in [3.63, 3.8) is 0 Å². The molecule has 0 bridgehead atoms. The van der Waals surface area contributed by atoms with Gasteiger partial charge in [-0.3, -0.25) is 0 Å². The molecule has 2 aromatic carbocycles. The van der Waals surface area contributed by atoms with Crippen molar-refractivity contribution >= 4 is 13.3 Å². The molecule has 0 aliphatic rings. The van der Waals surface area contributed by atoms with Crippen LogP contribution in [0.25, 0.3) is 0 Å². The average Bonchev–Trinajstić information content (AvgIpc) is 2.62. The Morgan fingerprint density at radius 1 is 0.652 bits per heavy atom. The fourth-order valence-corrected chi connectivity index (χ4v) is 11.2. The van der Waals surface area contributed by atoms with E-state index in [0.717, 1.165) is 11.5 Å². The summed E-state index contributed by atoms with van der Waals surface area (Å²) in [6.07, 6.45) is 0. The van der Waals surface area contributed by atoms with Crippen molar-refractivity contribution in [1.82, 2.24) is 0 Å². The van der Waals surface area contributed by atoms with Crippen LogP contribution in [0.2, 0.25) is 10.5 Å². The Morgan fingerprint density at radius 2 is 1.00 bits per heavy atom. The fourth-order valence-electron chi connectivity index (χ4n) is 3.17. The van der Waals surface area contributed by atoms with E-state index in [1.807, 2.05) is 0 Å². The Kier molecular flexibility index (Phi) is 6.58. The van der Waals surface area contributed by atoms with Crippen LogP contribution in [0, 0.1) is 0 Å². The zero-order chi connectivity index (χ0) is 16.7. The predicted molar refractivity (Wildman–Crippen MR) is 100 cm³/mol. The van der Waals surface area contributed by atoms with Gasteiger partial charge in [0.2, 0.25) is 0 Å². The summed E-state index contributed by atoms with van der Waals surface area (Å²) in [5.41, 5.74) is 2.92. The molecule has 2 nitrogen and oxygen atoms in total. The molecule has 0 unspecified atom stereocenters. The first-order valence-corrected chi connectivity index (χ1v) is 14.3. The van der Waals surface area contributed by atoms with E-state index in [1.54, 1.807) is 14.2 Å². The number of ether oxygens (including phenoxy) is 2. The molecular formula is C20H28GeO2. The van der Waals surface area contributed by atoms with Gasteiger partial charge >= 0.3 is 143 Å². The van der Waals surface area contributed by atoms with E-state index in [0.29, 0.717) is 0 Å². The Hall–Kier alpha value is -1.42. The molecule has 0 N–H and O–H groups in total. The molecule has 0 aliphatic heterocycles. The molecular weight excluding hydrogens is 345 g/mol. The summed E-state index contributed by atoms with van der Waals surface area (Å²) in [5, 5.41) is 5.27. The van der Waals surface area contributed by atoms with Crippen molar-refractivity contribution in [3.05, 3.63) is 59.7 Å². The van der Waals surface area contributed by atoms with Gasteiger partial charge in [-0.25, -0.2) is 0 Å². The first-order chi connectivity index (χ1) is 11.1. The minimum absolute atomic E-state index is 0.940. The minimum atomic E-state index is -1.94. The molecule has 23 heavy (non-hydrogen) atoms. The van der Waals surface area contributed by atoms with Gasteiger partial charge in [-0.15, -0.1) is 0 Å². The van der Waals surface area contributed by atoms with Gasteiger partial charge in [0.25, 0.3) is 0 Å². The van der Waals surface area contributed by atoms with Crippen LogP contribution < -0.4 is 9.47 Å². The molecule has 0 saturated heterocycles. The van der Waals surface area contributed by atoms with Crippen LogP contribution in [0.1, 0.15) is 25.0 Å². The van der Waals surface area contributed by atoms with Gasteiger partial charge in [-0.2, -0.15) is 0 Å². The van der Waals surface area contributed by atoms with Crippen molar-refractivity contribution in [2.45, 2.75) is 34.9 Å². The van der Waals surface area contributed by atoms with Gasteiger partial charge in [0.15, 0.2) is 0 Å². The molecule has 0 fully saturated rings.